The van der Waals surface area contributed by atoms with E-state index in [1.807, 2.05) is 6.20 Å². The van der Waals surface area contributed by atoms with Crippen molar-refractivity contribution >= 4 is 22.8 Å². The van der Waals surface area contributed by atoms with Crippen molar-refractivity contribution in [3.63, 3.8) is 0 Å². The van der Waals surface area contributed by atoms with Crippen molar-refractivity contribution in [2.24, 2.45) is 5.92 Å². The van der Waals surface area contributed by atoms with Crippen molar-refractivity contribution in [3.05, 3.63) is 42.4 Å². The van der Waals surface area contributed by atoms with Gasteiger partial charge < -0.3 is 15.6 Å². The van der Waals surface area contributed by atoms with E-state index < -0.39 is 0 Å². The molecular formula is C19H23N5O. The molecule has 0 spiro atoms. The summed E-state index contributed by atoms with van der Waals surface area (Å²) < 4.78 is 0. The number of aromatic nitrogens is 3. The van der Waals surface area contributed by atoms with Crippen LogP contribution in [0.25, 0.3) is 22.2 Å². The normalized spacial score (nSPS) is 12.1. The summed E-state index contributed by atoms with van der Waals surface area (Å²) in [7, 11) is 0. The monoisotopic (exact) mass is 337 g/mol. The SMILES string of the molecule is CC(=O)NCC(C)CNc1ncnc2[nH]cc(-c3cccc(C)c3)c12. The maximum Gasteiger partial charge on any atom is 0.216 e. The number of hydrogen-bond donors (Lipinski definition) is 3. The first-order valence-electron chi connectivity index (χ1n) is 8.42. The van der Waals surface area contributed by atoms with Crippen LogP contribution < -0.4 is 10.6 Å². The number of nitrogens with one attached hydrogen (secondary N) is 3. The van der Waals surface area contributed by atoms with Crippen molar-refractivity contribution in [1.29, 1.82) is 0 Å². The predicted molar refractivity (Wildman–Crippen MR) is 100 cm³/mol. The first kappa shape index (κ1) is 17.0. The summed E-state index contributed by atoms with van der Waals surface area (Å²) in [6.07, 6.45) is 3.53. The molecule has 3 aromatic rings. The molecule has 2 heterocycles. The van der Waals surface area contributed by atoms with Crippen LogP contribution in [-0.4, -0.2) is 33.9 Å². The maximum atomic E-state index is 11.0. The summed E-state index contributed by atoms with van der Waals surface area (Å²) in [5.74, 6) is 1.08. The Bertz CT molecular complexity index is 886. The minimum Gasteiger partial charge on any atom is -0.369 e. The van der Waals surface area contributed by atoms with Crippen LogP contribution in [0.4, 0.5) is 5.82 Å². The number of aryl methyl sites for hydroxylation is 1. The Kier molecular flexibility index (Phi) is 4.97. The van der Waals surface area contributed by atoms with E-state index in [0.29, 0.717) is 13.1 Å². The molecule has 0 aliphatic heterocycles. The number of rotatable bonds is 6. The van der Waals surface area contributed by atoms with E-state index in [4.69, 9.17) is 0 Å². The lowest BCUT2D eigenvalue weighted by Crippen LogP contribution is -2.29. The fourth-order valence-corrected chi connectivity index (χ4v) is 2.80. The van der Waals surface area contributed by atoms with Gasteiger partial charge in [0.25, 0.3) is 0 Å². The average Bonchev–Trinajstić information content (AvgIpc) is 3.03. The van der Waals surface area contributed by atoms with Gasteiger partial charge in [-0.2, -0.15) is 0 Å². The van der Waals surface area contributed by atoms with Gasteiger partial charge in [0, 0.05) is 31.8 Å². The van der Waals surface area contributed by atoms with Gasteiger partial charge in [-0.3, -0.25) is 4.79 Å². The zero-order valence-electron chi connectivity index (χ0n) is 14.8. The average molecular weight is 337 g/mol. The third-order valence-corrected chi connectivity index (χ3v) is 4.12. The smallest absolute Gasteiger partial charge is 0.216 e. The number of carbonyl (C=O) groups is 1. The molecule has 0 saturated heterocycles. The van der Waals surface area contributed by atoms with Crippen molar-refractivity contribution in [2.45, 2.75) is 20.8 Å². The number of amides is 1. The Hall–Kier alpha value is -2.89. The standard InChI is InChI=1S/C19H23N5O/c1-12-5-4-6-15(7-12)16-10-22-19-17(16)18(23-11-24-19)21-9-13(2)8-20-14(3)25/h4-7,10-11,13H,8-9H2,1-3H3,(H,20,25)(H2,21,22,23,24). The Balaban J connectivity index is 1.86. The van der Waals surface area contributed by atoms with Gasteiger partial charge >= 0.3 is 0 Å². The molecule has 2 aromatic heterocycles. The molecule has 130 valence electrons. The Morgan fingerprint density at radius 3 is 2.88 bits per heavy atom. The lowest BCUT2D eigenvalue weighted by molar-refractivity contribution is -0.119. The second-order valence-corrected chi connectivity index (χ2v) is 6.44. The van der Waals surface area contributed by atoms with Crippen LogP contribution in [0.1, 0.15) is 19.4 Å². The molecule has 0 aliphatic carbocycles. The molecule has 3 N–H and O–H groups in total. The summed E-state index contributed by atoms with van der Waals surface area (Å²) in [5.41, 5.74) is 4.23. The zero-order valence-corrected chi connectivity index (χ0v) is 14.8. The Labute approximate surface area is 147 Å². The van der Waals surface area contributed by atoms with Crippen LogP contribution >= 0.6 is 0 Å². The summed E-state index contributed by atoms with van der Waals surface area (Å²) in [4.78, 5) is 23.0. The molecule has 0 radical (unpaired) electrons. The summed E-state index contributed by atoms with van der Waals surface area (Å²) >= 11 is 0. The van der Waals surface area contributed by atoms with Gasteiger partial charge in [0.15, 0.2) is 0 Å². The zero-order chi connectivity index (χ0) is 17.8. The largest absolute Gasteiger partial charge is 0.369 e. The predicted octanol–water partition coefficient (Wildman–Crippen LogP) is 3.12. The minimum atomic E-state index is -0.0105. The number of nitrogens with zero attached hydrogens (tertiary/aromatic N) is 2. The fourth-order valence-electron chi connectivity index (χ4n) is 2.80. The van der Waals surface area contributed by atoms with Crippen molar-refractivity contribution in [1.82, 2.24) is 20.3 Å². The second-order valence-electron chi connectivity index (χ2n) is 6.44. The molecule has 1 atom stereocenters. The first-order chi connectivity index (χ1) is 12.0. The molecular weight excluding hydrogens is 314 g/mol. The number of fused-ring (bicyclic) bond motifs is 1. The Morgan fingerprint density at radius 2 is 2.12 bits per heavy atom. The summed E-state index contributed by atoms with van der Waals surface area (Å²) in [5, 5.41) is 7.22. The van der Waals surface area contributed by atoms with E-state index >= 15 is 0 Å². The highest BCUT2D eigenvalue weighted by Gasteiger charge is 2.13. The van der Waals surface area contributed by atoms with Crippen molar-refractivity contribution < 1.29 is 4.79 Å². The molecule has 1 amide bonds. The quantitative estimate of drug-likeness (QED) is 0.645. The van der Waals surface area contributed by atoms with E-state index in [1.165, 1.54) is 12.5 Å². The highest BCUT2D eigenvalue weighted by molar-refractivity contribution is 6.00. The van der Waals surface area contributed by atoms with E-state index in [0.717, 1.165) is 28.0 Å². The highest BCUT2D eigenvalue weighted by atomic mass is 16.1. The number of benzene rings is 1. The topological polar surface area (TPSA) is 82.7 Å². The summed E-state index contributed by atoms with van der Waals surface area (Å²) in [6, 6.07) is 8.37. The van der Waals surface area contributed by atoms with Crippen molar-refractivity contribution in [3.8, 4) is 11.1 Å². The van der Waals surface area contributed by atoms with Crippen LogP contribution in [0.5, 0.6) is 0 Å². The lowest BCUT2D eigenvalue weighted by atomic mass is 10.0. The number of aromatic amines is 1. The molecule has 0 saturated carbocycles. The summed E-state index contributed by atoms with van der Waals surface area (Å²) in [6.45, 7) is 7.04. The van der Waals surface area contributed by atoms with Gasteiger partial charge in [0.1, 0.15) is 17.8 Å². The van der Waals surface area contributed by atoms with Crippen LogP contribution in [0.15, 0.2) is 36.8 Å². The highest BCUT2D eigenvalue weighted by Crippen LogP contribution is 2.32. The molecule has 0 bridgehead atoms. The van der Waals surface area contributed by atoms with Gasteiger partial charge in [-0.05, 0) is 18.4 Å². The molecule has 6 heteroatoms. The van der Waals surface area contributed by atoms with Gasteiger partial charge in [-0.15, -0.1) is 0 Å². The molecule has 0 fully saturated rings. The van der Waals surface area contributed by atoms with E-state index in [1.54, 1.807) is 6.33 Å². The van der Waals surface area contributed by atoms with Gasteiger partial charge in [-0.25, -0.2) is 9.97 Å². The van der Waals surface area contributed by atoms with Crippen LogP contribution in [0.2, 0.25) is 0 Å². The second kappa shape index (κ2) is 7.34. The minimum absolute atomic E-state index is 0.0105. The fraction of sp³-hybridized carbons (Fsp3) is 0.316. The third kappa shape index (κ3) is 3.96. The third-order valence-electron chi connectivity index (χ3n) is 4.12. The van der Waals surface area contributed by atoms with Crippen LogP contribution in [0.3, 0.4) is 0 Å². The van der Waals surface area contributed by atoms with E-state index in [2.05, 4.69) is 63.7 Å². The number of H-pyrrole nitrogens is 1. The molecule has 0 aliphatic rings. The molecule has 1 aromatic carbocycles. The number of carbonyl (C=O) groups excluding carboxylic acids is 1. The van der Waals surface area contributed by atoms with Gasteiger partial charge in [-0.1, -0.05) is 36.8 Å². The van der Waals surface area contributed by atoms with Crippen molar-refractivity contribution in [2.75, 3.05) is 18.4 Å². The van der Waals surface area contributed by atoms with E-state index in [-0.39, 0.29) is 11.8 Å². The maximum absolute atomic E-state index is 11.0. The molecule has 1 unspecified atom stereocenters. The lowest BCUT2D eigenvalue weighted by Gasteiger charge is -2.14. The van der Waals surface area contributed by atoms with E-state index in [9.17, 15) is 4.79 Å². The number of hydrogen-bond acceptors (Lipinski definition) is 4. The molecule has 6 nitrogen and oxygen atoms in total. The van der Waals surface area contributed by atoms with Gasteiger partial charge in [0.2, 0.25) is 5.91 Å². The van der Waals surface area contributed by atoms with Crippen LogP contribution in [0, 0.1) is 12.8 Å². The number of anilines is 1. The molecule has 25 heavy (non-hydrogen) atoms. The van der Waals surface area contributed by atoms with Gasteiger partial charge in [0.05, 0.1) is 5.39 Å². The molecule has 3 rings (SSSR count). The first-order valence-corrected chi connectivity index (χ1v) is 8.42. The van der Waals surface area contributed by atoms with Crippen LogP contribution in [-0.2, 0) is 4.79 Å². The Morgan fingerprint density at radius 1 is 1.28 bits per heavy atom.